The summed E-state index contributed by atoms with van der Waals surface area (Å²) in [4.78, 5) is 36.8. The molecule has 6 heteroatoms. The maximum atomic E-state index is 11.9. The molecule has 1 aromatic rings. The Labute approximate surface area is 122 Å². The van der Waals surface area contributed by atoms with Gasteiger partial charge in [0, 0.05) is 19.7 Å². The van der Waals surface area contributed by atoms with E-state index in [1.807, 2.05) is 12.1 Å². The Balaban J connectivity index is 2.01. The molecule has 1 aromatic carbocycles. The van der Waals surface area contributed by atoms with Crippen molar-refractivity contribution in [3.8, 4) is 0 Å². The number of nitrogens with zero attached hydrogens (tertiary/aromatic N) is 2. The molecule has 0 radical (unpaired) electrons. The second kappa shape index (κ2) is 6.21. The third-order valence-electron chi connectivity index (χ3n) is 3.25. The van der Waals surface area contributed by atoms with E-state index in [-0.39, 0.29) is 24.9 Å². The third-order valence-corrected chi connectivity index (χ3v) is 3.25. The van der Waals surface area contributed by atoms with E-state index in [4.69, 9.17) is 5.11 Å². The van der Waals surface area contributed by atoms with Crippen molar-refractivity contribution in [2.75, 3.05) is 20.1 Å². The predicted octanol–water partition coefficient (Wildman–Crippen LogP) is 0.585. The SMILES string of the molecule is CN1CC(=O)N(Cc2ccc(/C=C/C(=O)O)cc2)CC1=O. The summed E-state index contributed by atoms with van der Waals surface area (Å²) >= 11 is 0. The molecule has 1 heterocycles. The molecule has 0 unspecified atom stereocenters. The number of aliphatic carboxylic acids is 1. The number of hydrogen-bond acceptors (Lipinski definition) is 3. The van der Waals surface area contributed by atoms with Crippen LogP contribution < -0.4 is 0 Å². The number of carbonyl (C=O) groups excluding carboxylic acids is 2. The monoisotopic (exact) mass is 288 g/mol. The first-order valence-electron chi connectivity index (χ1n) is 6.47. The highest BCUT2D eigenvalue weighted by atomic mass is 16.4. The van der Waals surface area contributed by atoms with Gasteiger partial charge >= 0.3 is 5.97 Å². The highest BCUT2D eigenvalue weighted by Crippen LogP contribution is 2.11. The van der Waals surface area contributed by atoms with E-state index in [0.717, 1.165) is 17.2 Å². The van der Waals surface area contributed by atoms with Gasteiger partial charge in [0.1, 0.15) is 6.54 Å². The number of carboxylic acid groups (broad SMARTS) is 1. The number of hydrogen-bond donors (Lipinski definition) is 1. The van der Waals surface area contributed by atoms with E-state index in [0.29, 0.717) is 6.54 Å². The molecule has 0 atom stereocenters. The number of carbonyl (C=O) groups is 3. The maximum absolute atomic E-state index is 11.9. The number of benzene rings is 1. The lowest BCUT2D eigenvalue weighted by Gasteiger charge is -2.31. The largest absolute Gasteiger partial charge is 0.478 e. The van der Waals surface area contributed by atoms with Gasteiger partial charge in [-0.05, 0) is 17.2 Å². The van der Waals surface area contributed by atoms with Gasteiger partial charge < -0.3 is 14.9 Å². The van der Waals surface area contributed by atoms with Crippen molar-refractivity contribution < 1.29 is 19.5 Å². The first-order valence-corrected chi connectivity index (χ1v) is 6.47. The lowest BCUT2D eigenvalue weighted by molar-refractivity contribution is -0.149. The first kappa shape index (κ1) is 14.8. The van der Waals surface area contributed by atoms with Crippen molar-refractivity contribution >= 4 is 23.9 Å². The Hall–Kier alpha value is -2.63. The van der Waals surface area contributed by atoms with E-state index in [1.54, 1.807) is 19.2 Å². The highest BCUT2D eigenvalue weighted by molar-refractivity contribution is 5.92. The number of rotatable bonds is 4. The van der Waals surface area contributed by atoms with Crippen LogP contribution in [0.5, 0.6) is 0 Å². The van der Waals surface area contributed by atoms with E-state index in [9.17, 15) is 14.4 Å². The molecule has 1 aliphatic heterocycles. The fourth-order valence-electron chi connectivity index (χ4n) is 2.03. The smallest absolute Gasteiger partial charge is 0.328 e. The molecule has 1 N–H and O–H groups in total. The van der Waals surface area contributed by atoms with Gasteiger partial charge in [0.05, 0.1) is 6.54 Å². The number of piperazine rings is 1. The molecule has 110 valence electrons. The predicted molar refractivity (Wildman–Crippen MR) is 76.2 cm³/mol. The molecule has 1 saturated heterocycles. The van der Waals surface area contributed by atoms with Crippen molar-refractivity contribution in [1.29, 1.82) is 0 Å². The zero-order chi connectivity index (χ0) is 15.4. The summed E-state index contributed by atoms with van der Waals surface area (Å²) < 4.78 is 0. The van der Waals surface area contributed by atoms with Crippen LogP contribution in [0, 0.1) is 0 Å². The van der Waals surface area contributed by atoms with E-state index < -0.39 is 5.97 Å². The van der Waals surface area contributed by atoms with Gasteiger partial charge in [-0.3, -0.25) is 9.59 Å². The standard InChI is InChI=1S/C15H16N2O4/c1-16-9-14(19)17(10-13(16)18)8-12-4-2-11(3-5-12)6-7-15(20)21/h2-7H,8-10H2,1H3,(H,20,21)/b7-6+. The Morgan fingerprint density at radius 1 is 1.19 bits per heavy atom. The molecule has 0 saturated carbocycles. The average Bonchev–Trinajstić information content (AvgIpc) is 2.44. The van der Waals surface area contributed by atoms with Crippen molar-refractivity contribution in [3.63, 3.8) is 0 Å². The minimum absolute atomic E-state index is 0.0735. The Morgan fingerprint density at radius 2 is 1.86 bits per heavy atom. The van der Waals surface area contributed by atoms with Gasteiger partial charge in [0.2, 0.25) is 11.8 Å². The van der Waals surface area contributed by atoms with Crippen LogP contribution in [0.1, 0.15) is 11.1 Å². The minimum atomic E-state index is -0.999. The topological polar surface area (TPSA) is 77.9 Å². The fraction of sp³-hybridized carbons (Fsp3) is 0.267. The molecular weight excluding hydrogens is 272 g/mol. The molecule has 0 bridgehead atoms. The lowest BCUT2D eigenvalue weighted by atomic mass is 10.1. The molecule has 0 aromatic heterocycles. The van der Waals surface area contributed by atoms with E-state index >= 15 is 0 Å². The highest BCUT2D eigenvalue weighted by Gasteiger charge is 2.27. The van der Waals surface area contributed by atoms with Gasteiger partial charge in [0.25, 0.3) is 0 Å². The second-order valence-electron chi connectivity index (χ2n) is 4.91. The van der Waals surface area contributed by atoms with Crippen LogP contribution in [0.2, 0.25) is 0 Å². The molecule has 0 spiro atoms. The van der Waals surface area contributed by atoms with E-state index in [1.165, 1.54) is 15.9 Å². The van der Waals surface area contributed by atoms with Crippen LogP contribution in [0.15, 0.2) is 30.3 Å². The summed E-state index contributed by atoms with van der Waals surface area (Å²) in [5.74, 6) is -1.15. The Morgan fingerprint density at radius 3 is 2.48 bits per heavy atom. The van der Waals surface area contributed by atoms with Gasteiger partial charge in [0.15, 0.2) is 0 Å². The summed E-state index contributed by atoms with van der Waals surface area (Å²) in [6, 6.07) is 7.18. The Kier molecular flexibility index (Phi) is 4.37. The van der Waals surface area contributed by atoms with E-state index in [2.05, 4.69) is 0 Å². The molecule has 2 rings (SSSR count). The minimum Gasteiger partial charge on any atom is -0.478 e. The van der Waals surface area contributed by atoms with Crippen LogP contribution in [0.4, 0.5) is 0 Å². The molecule has 21 heavy (non-hydrogen) atoms. The summed E-state index contributed by atoms with van der Waals surface area (Å²) in [6.07, 6.45) is 2.56. The molecular formula is C15H16N2O4. The van der Waals surface area contributed by atoms with Crippen LogP contribution in [-0.2, 0) is 20.9 Å². The Bertz CT molecular complexity index is 592. The molecule has 2 amide bonds. The fourth-order valence-corrected chi connectivity index (χ4v) is 2.03. The molecule has 6 nitrogen and oxygen atoms in total. The lowest BCUT2D eigenvalue weighted by Crippen LogP contribution is -2.51. The molecule has 1 fully saturated rings. The van der Waals surface area contributed by atoms with Crippen molar-refractivity contribution in [3.05, 3.63) is 41.5 Å². The molecule has 1 aliphatic rings. The van der Waals surface area contributed by atoms with Crippen LogP contribution in [0.25, 0.3) is 6.08 Å². The van der Waals surface area contributed by atoms with Crippen LogP contribution in [-0.4, -0.2) is 52.8 Å². The molecule has 0 aliphatic carbocycles. The van der Waals surface area contributed by atoms with Gasteiger partial charge in [-0.2, -0.15) is 0 Å². The summed E-state index contributed by atoms with van der Waals surface area (Å²) in [7, 11) is 1.61. The van der Waals surface area contributed by atoms with Crippen molar-refractivity contribution in [2.24, 2.45) is 0 Å². The quantitative estimate of drug-likeness (QED) is 0.822. The maximum Gasteiger partial charge on any atom is 0.328 e. The van der Waals surface area contributed by atoms with Gasteiger partial charge in [-0.15, -0.1) is 0 Å². The second-order valence-corrected chi connectivity index (χ2v) is 4.91. The first-order chi connectivity index (χ1) is 9.95. The third kappa shape index (κ3) is 3.92. The summed E-state index contributed by atoms with van der Waals surface area (Å²) in [5, 5.41) is 8.55. The summed E-state index contributed by atoms with van der Waals surface area (Å²) in [6.45, 7) is 0.579. The average molecular weight is 288 g/mol. The van der Waals surface area contributed by atoms with Crippen molar-refractivity contribution in [1.82, 2.24) is 9.80 Å². The number of carboxylic acids is 1. The zero-order valence-electron chi connectivity index (χ0n) is 11.7. The van der Waals surface area contributed by atoms with Crippen LogP contribution >= 0.6 is 0 Å². The van der Waals surface area contributed by atoms with Crippen molar-refractivity contribution in [2.45, 2.75) is 6.54 Å². The zero-order valence-corrected chi connectivity index (χ0v) is 11.7. The van der Waals surface area contributed by atoms with Gasteiger partial charge in [-0.1, -0.05) is 24.3 Å². The number of likely N-dealkylation sites (N-methyl/N-ethyl adjacent to an activating group) is 1. The number of amides is 2. The van der Waals surface area contributed by atoms with Crippen LogP contribution in [0.3, 0.4) is 0 Å². The normalized spacial score (nSPS) is 15.9. The van der Waals surface area contributed by atoms with Gasteiger partial charge in [-0.25, -0.2) is 4.79 Å². The summed E-state index contributed by atoms with van der Waals surface area (Å²) in [5.41, 5.74) is 1.66.